The summed E-state index contributed by atoms with van der Waals surface area (Å²) in [7, 11) is -1.37. The van der Waals surface area contributed by atoms with E-state index in [0.717, 1.165) is 24.8 Å². The molecular weight excluding hydrogens is 280 g/mol. The highest BCUT2D eigenvalue weighted by atomic mass is 32.2. The highest BCUT2D eigenvalue weighted by molar-refractivity contribution is 7.90. The minimum atomic E-state index is -1.37. The number of hydrogen-bond acceptors (Lipinski definition) is 2. The Bertz CT molecular complexity index is 513. The summed E-state index contributed by atoms with van der Waals surface area (Å²) in [6.07, 6.45) is 5.33. The van der Waals surface area contributed by atoms with Gasteiger partial charge in [-0.2, -0.15) is 0 Å². The van der Waals surface area contributed by atoms with Crippen LogP contribution < -0.4 is 0 Å². The summed E-state index contributed by atoms with van der Waals surface area (Å²) in [6, 6.07) is 7.56. The molecule has 0 aliphatic heterocycles. The Labute approximate surface area is 131 Å². The Morgan fingerprint density at radius 1 is 1.19 bits per heavy atom. The fraction of sp³-hybridized carbons (Fsp3) is 0.500. The lowest BCUT2D eigenvalue weighted by Gasteiger charge is -2.09. The smallest absolute Gasteiger partial charge is 0.171 e. The van der Waals surface area contributed by atoms with Gasteiger partial charge in [0.1, 0.15) is 0 Å². The molecule has 1 rings (SSSR count). The van der Waals surface area contributed by atoms with Gasteiger partial charge in [0.2, 0.25) is 0 Å². The first-order valence-corrected chi connectivity index (χ1v) is 8.84. The lowest BCUT2D eigenvalue weighted by atomic mass is 10.1. The molecule has 0 aliphatic rings. The number of allylic oxidation sites excluding steroid dienone is 2. The zero-order valence-corrected chi connectivity index (χ0v) is 14.3. The number of benzene rings is 1. The molecule has 3 heteroatoms. The average Bonchev–Trinajstić information content (AvgIpc) is 2.45. The summed E-state index contributed by atoms with van der Waals surface area (Å²) in [5, 5.41) is 0. The number of rotatable bonds is 8. The molecule has 0 saturated heterocycles. The van der Waals surface area contributed by atoms with Gasteiger partial charge in [-0.25, -0.2) is 4.21 Å². The van der Waals surface area contributed by atoms with Crippen LogP contribution in [-0.2, 0) is 15.6 Å². The molecule has 0 saturated carbocycles. The van der Waals surface area contributed by atoms with E-state index in [0.29, 0.717) is 16.2 Å². The number of hydrogen-bond donors (Lipinski definition) is 0. The Hall–Kier alpha value is -1.22. The Morgan fingerprint density at radius 2 is 1.81 bits per heavy atom. The van der Waals surface area contributed by atoms with Crippen molar-refractivity contribution in [2.45, 2.75) is 58.3 Å². The normalized spacial score (nSPS) is 13.5. The molecular formula is C18H26O2S. The quantitative estimate of drug-likeness (QED) is 0.511. The van der Waals surface area contributed by atoms with Gasteiger partial charge >= 0.3 is 0 Å². The van der Waals surface area contributed by atoms with Gasteiger partial charge in [-0.05, 0) is 31.4 Å². The molecule has 0 aliphatic carbocycles. The molecule has 1 aromatic rings. The van der Waals surface area contributed by atoms with Crippen LogP contribution in [0.5, 0.6) is 0 Å². The minimum Gasteiger partial charge on any atom is -0.294 e. The molecule has 0 spiro atoms. The van der Waals surface area contributed by atoms with E-state index in [1.165, 1.54) is 0 Å². The third-order valence-electron chi connectivity index (χ3n) is 3.20. The van der Waals surface area contributed by atoms with Gasteiger partial charge in [0, 0.05) is 11.3 Å². The predicted molar refractivity (Wildman–Crippen MR) is 89.7 cm³/mol. The van der Waals surface area contributed by atoms with Crippen LogP contribution in [0.4, 0.5) is 0 Å². The predicted octanol–water partition coefficient (Wildman–Crippen LogP) is 4.79. The lowest BCUT2D eigenvalue weighted by molar-refractivity contribution is -0.115. The molecule has 1 unspecified atom stereocenters. The van der Waals surface area contributed by atoms with Gasteiger partial charge in [-0.3, -0.25) is 4.79 Å². The van der Waals surface area contributed by atoms with E-state index in [9.17, 15) is 9.00 Å². The Kier molecular flexibility index (Phi) is 7.58. The van der Waals surface area contributed by atoms with Crippen molar-refractivity contribution < 1.29 is 9.00 Å². The fourth-order valence-electron chi connectivity index (χ4n) is 2.01. The second kappa shape index (κ2) is 8.93. The van der Waals surface area contributed by atoms with Crippen LogP contribution in [0.1, 0.15) is 52.0 Å². The standard InChI is InChI=1S/C18H26O2S/c1-5-6-7-8-17(19)18(13-14(2)3)21(20)16-11-9-15(4)10-12-16/h9-14H,5-8H2,1-4H3/b18-13+. The number of carbonyl (C=O) groups is 1. The van der Waals surface area contributed by atoms with Crippen molar-refractivity contribution in [1.82, 2.24) is 0 Å². The van der Waals surface area contributed by atoms with Gasteiger partial charge in [0.25, 0.3) is 0 Å². The van der Waals surface area contributed by atoms with Crippen LogP contribution in [0.15, 0.2) is 40.1 Å². The lowest BCUT2D eigenvalue weighted by Crippen LogP contribution is -2.10. The SMILES string of the molecule is CCCCCC(=O)/C(=C\C(C)C)S(=O)c1ccc(C)cc1. The summed E-state index contributed by atoms with van der Waals surface area (Å²) in [4.78, 5) is 13.5. The third-order valence-corrected chi connectivity index (χ3v) is 4.67. The van der Waals surface area contributed by atoms with Crippen molar-refractivity contribution in [3.8, 4) is 0 Å². The highest BCUT2D eigenvalue weighted by Gasteiger charge is 2.18. The molecule has 0 N–H and O–H groups in total. The van der Waals surface area contributed by atoms with Gasteiger partial charge in [0.05, 0.1) is 15.7 Å². The highest BCUT2D eigenvalue weighted by Crippen LogP contribution is 2.20. The number of ketones is 1. The molecule has 2 nitrogen and oxygen atoms in total. The summed E-state index contributed by atoms with van der Waals surface area (Å²) < 4.78 is 12.7. The van der Waals surface area contributed by atoms with E-state index in [1.807, 2.05) is 51.1 Å². The molecule has 0 heterocycles. The zero-order valence-electron chi connectivity index (χ0n) is 13.5. The van der Waals surface area contributed by atoms with Crippen LogP contribution in [0.25, 0.3) is 0 Å². The number of carbonyl (C=O) groups excluding carboxylic acids is 1. The van der Waals surface area contributed by atoms with E-state index in [4.69, 9.17) is 0 Å². The molecule has 1 aromatic carbocycles. The van der Waals surface area contributed by atoms with Crippen molar-refractivity contribution in [2.75, 3.05) is 0 Å². The molecule has 1 atom stereocenters. The first-order valence-electron chi connectivity index (χ1n) is 7.69. The van der Waals surface area contributed by atoms with E-state index in [1.54, 1.807) is 0 Å². The Morgan fingerprint density at radius 3 is 2.33 bits per heavy atom. The largest absolute Gasteiger partial charge is 0.294 e. The molecule has 0 aromatic heterocycles. The van der Waals surface area contributed by atoms with Gasteiger partial charge in [0.15, 0.2) is 5.78 Å². The van der Waals surface area contributed by atoms with E-state index < -0.39 is 10.8 Å². The topological polar surface area (TPSA) is 34.1 Å². The first kappa shape index (κ1) is 17.8. The number of unbranched alkanes of at least 4 members (excludes halogenated alkanes) is 2. The second-order valence-electron chi connectivity index (χ2n) is 5.74. The summed E-state index contributed by atoms with van der Waals surface area (Å²) in [6.45, 7) is 8.12. The van der Waals surface area contributed by atoms with Crippen molar-refractivity contribution >= 4 is 16.6 Å². The van der Waals surface area contributed by atoms with E-state index in [2.05, 4.69) is 6.92 Å². The van der Waals surface area contributed by atoms with E-state index in [-0.39, 0.29) is 11.7 Å². The van der Waals surface area contributed by atoms with Crippen molar-refractivity contribution in [3.63, 3.8) is 0 Å². The van der Waals surface area contributed by atoms with Gasteiger partial charge in [-0.1, -0.05) is 57.4 Å². The maximum absolute atomic E-state index is 12.7. The number of aryl methyl sites for hydroxylation is 1. The minimum absolute atomic E-state index is 0.0241. The van der Waals surface area contributed by atoms with Crippen LogP contribution in [0, 0.1) is 12.8 Å². The Balaban J connectivity index is 2.94. The summed E-state index contributed by atoms with van der Waals surface area (Å²) in [5.74, 6) is 0.237. The molecule has 21 heavy (non-hydrogen) atoms. The maximum atomic E-state index is 12.7. The van der Waals surface area contributed by atoms with Gasteiger partial charge < -0.3 is 0 Å². The van der Waals surface area contributed by atoms with Crippen LogP contribution in [0.3, 0.4) is 0 Å². The van der Waals surface area contributed by atoms with Crippen molar-refractivity contribution in [3.05, 3.63) is 40.8 Å². The molecule has 0 amide bonds. The van der Waals surface area contributed by atoms with Crippen molar-refractivity contribution in [2.24, 2.45) is 5.92 Å². The van der Waals surface area contributed by atoms with Crippen molar-refractivity contribution in [1.29, 1.82) is 0 Å². The summed E-state index contributed by atoms with van der Waals surface area (Å²) in [5.41, 5.74) is 1.12. The molecule has 0 fully saturated rings. The zero-order chi connectivity index (χ0) is 15.8. The van der Waals surface area contributed by atoms with E-state index >= 15 is 0 Å². The monoisotopic (exact) mass is 306 g/mol. The van der Waals surface area contributed by atoms with Crippen LogP contribution >= 0.6 is 0 Å². The molecule has 0 radical (unpaired) electrons. The first-order chi connectivity index (χ1) is 9.95. The third kappa shape index (κ3) is 5.96. The average molecular weight is 306 g/mol. The molecule has 116 valence electrons. The van der Waals surface area contributed by atoms with Crippen LogP contribution in [0.2, 0.25) is 0 Å². The fourth-order valence-corrected chi connectivity index (χ4v) is 3.35. The van der Waals surface area contributed by atoms with Gasteiger partial charge in [-0.15, -0.1) is 0 Å². The van der Waals surface area contributed by atoms with Crippen LogP contribution in [-0.4, -0.2) is 9.99 Å². The number of Topliss-reactive ketones (excluding diaryl/α,β-unsaturated/α-hetero) is 1. The maximum Gasteiger partial charge on any atom is 0.171 e. The molecule has 0 bridgehead atoms. The second-order valence-corrected chi connectivity index (χ2v) is 7.19. The summed E-state index contributed by atoms with van der Waals surface area (Å²) >= 11 is 0.